The highest BCUT2D eigenvalue weighted by molar-refractivity contribution is 5.99. The first-order valence-corrected chi connectivity index (χ1v) is 5.52. The van der Waals surface area contributed by atoms with E-state index in [0.717, 1.165) is 0 Å². The van der Waals surface area contributed by atoms with Crippen LogP contribution in [-0.2, 0) is 0 Å². The van der Waals surface area contributed by atoms with Crippen LogP contribution >= 0.6 is 0 Å². The predicted molar refractivity (Wildman–Crippen MR) is 67.9 cm³/mol. The number of para-hydroxylation sites is 1. The Kier molecular flexibility index (Phi) is 3.70. The van der Waals surface area contributed by atoms with Crippen molar-refractivity contribution in [2.75, 3.05) is 0 Å². The van der Waals surface area contributed by atoms with Crippen LogP contribution in [-0.4, -0.2) is 12.3 Å². The number of carbonyl (C=O) groups excluding carboxylic acids is 2. The molecule has 0 unspecified atom stereocenters. The number of carbonyl (C=O) groups is 2. The van der Waals surface area contributed by atoms with Gasteiger partial charge in [-0.05, 0) is 18.2 Å². The second kappa shape index (κ2) is 5.61. The predicted octanol–water partition coefficient (Wildman–Crippen LogP) is 2.59. The molecule has 2 aromatic carbocycles. The molecular formula is C15H9NO3. The van der Waals surface area contributed by atoms with Gasteiger partial charge in [-0.15, -0.1) is 0 Å². The minimum absolute atomic E-state index is 0.172. The minimum Gasteiger partial charge on any atom is -0.421 e. The number of rotatable bonds is 3. The van der Waals surface area contributed by atoms with Crippen LogP contribution in [0.2, 0.25) is 0 Å². The number of benzene rings is 2. The van der Waals surface area contributed by atoms with Gasteiger partial charge in [-0.1, -0.05) is 30.3 Å². The number of nitrogens with zero attached hydrogens (tertiary/aromatic N) is 1. The molecule has 0 aliphatic heterocycles. The number of aldehydes is 1. The Morgan fingerprint density at radius 3 is 2.53 bits per heavy atom. The summed E-state index contributed by atoms with van der Waals surface area (Å²) in [6, 6.07) is 14.7. The highest BCUT2D eigenvalue weighted by Gasteiger charge is 2.14. The molecular weight excluding hydrogens is 242 g/mol. The second-order valence-electron chi connectivity index (χ2n) is 3.70. The van der Waals surface area contributed by atoms with Crippen molar-refractivity contribution in [3.05, 3.63) is 65.2 Å². The molecule has 4 nitrogen and oxygen atoms in total. The second-order valence-corrected chi connectivity index (χ2v) is 3.70. The largest absolute Gasteiger partial charge is 0.421 e. The van der Waals surface area contributed by atoms with Gasteiger partial charge < -0.3 is 4.74 Å². The molecule has 4 heteroatoms. The van der Waals surface area contributed by atoms with Gasteiger partial charge in [0.15, 0.2) is 6.29 Å². The molecule has 0 aliphatic rings. The number of hydrogen-bond acceptors (Lipinski definition) is 4. The molecule has 2 aromatic rings. The summed E-state index contributed by atoms with van der Waals surface area (Å²) in [6.07, 6.45) is 0.590. The van der Waals surface area contributed by atoms with Gasteiger partial charge in [0.2, 0.25) is 0 Å². The Balaban J connectivity index is 2.31. The van der Waals surface area contributed by atoms with Crippen LogP contribution in [0.4, 0.5) is 0 Å². The van der Waals surface area contributed by atoms with Gasteiger partial charge in [0.1, 0.15) is 11.8 Å². The average molecular weight is 251 g/mol. The SMILES string of the molecule is N#Cc1ccccc1OC(=O)c1ccccc1C=O. The first-order valence-electron chi connectivity index (χ1n) is 5.52. The molecule has 0 spiro atoms. The highest BCUT2D eigenvalue weighted by atomic mass is 16.5. The van der Waals surface area contributed by atoms with Gasteiger partial charge >= 0.3 is 5.97 Å². The molecule has 92 valence electrons. The fourth-order valence-corrected chi connectivity index (χ4v) is 1.59. The zero-order valence-electron chi connectivity index (χ0n) is 9.87. The molecule has 0 heterocycles. The van der Waals surface area contributed by atoms with Gasteiger partial charge in [0.25, 0.3) is 0 Å². The monoisotopic (exact) mass is 251 g/mol. The van der Waals surface area contributed by atoms with E-state index >= 15 is 0 Å². The Morgan fingerprint density at radius 2 is 1.79 bits per heavy atom. The van der Waals surface area contributed by atoms with Crippen molar-refractivity contribution in [1.82, 2.24) is 0 Å². The van der Waals surface area contributed by atoms with Crippen molar-refractivity contribution in [1.29, 1.82) is 5.26 Å². The maximum atomic E-state index is 12.0. The van der Waals surface area contributed by atoms with Crippen molar-refractivity contribution in [2.24, 2.45) is 0 Å². The van der Waals surface area contributed by atoms with Gasteiger partial charge in [-0.3, -0.25) is 4.79 Å². The van der Waals surface area contributed by atoms with E-state index in [9.17, 15) is 9.59 Å². The number of hydrogen-bond donors (Lipinski definition) is 0. The van der Waals surface area contributed by atoms with E-state index in [1.807, 2.05) is 6.07 Å². The minimum atomic E-state index is -0.662. The first-order chi connectivity index (χ1) is 9.26. The van der Waals surface area contributed by atoms with Crippen molar-refractivity contribution >= 4 is 12.3 Å². The van der Waals surface area contributed by atoms with E-state index in [0.29, 0.717) is 6.29 Å². The number of esters is 1. The molecule has 2 rings (SSSR count). The zero-order valence-corrected chi connectivity index (χ0v) is 9.87. The van der Waals surface area contributed by atoms with Crippen LogP contribution in [0.3, 0.4) is 0 Å². The molecule has 0 aliphatic carbocycles. The third kappa shape index (κ3) is 2.67. The summed E-state index contributed by atoms with van der Waals surface area (Å²) in [5.41, 5.74) is 0.687. The summed E-state index contributed by atoms with van der Waals surface area (Å²) in [5, 5.41) is 8.91. The van der Waals surface area contributed by atoms with E-state index in [1.54, 1.807) is 30.3 Å². The summed E-state index contributed by atoms with van der Waals surface area (Å²) in [7, 11) is 0. The van der Waals surface area contributed by atoms with Gasteiger partial charge in [-0.25, -0.2) is 4.79 Å². The maximum Gasteiger partial charge on any atom is 0.344 e. The maximum absolute atomic E-state index is 12.0. The lowest BCUT2D eigenvalue weighted by Gasteiger charge is -2.06. The summed E-state index contributed by atoms with van der Waals surface area (Å²) in [6.45, 7) is 0. The van der Waals surface area contributed by atoms with E-state index in [-0.39, 0.29) is 22.4 Å². The Bertz CT molecular complexity index is 671. The topological polar surface area (TPSA) is 67.2 Å². The molecule has 0 bridgehead atoms. The van der Waals surface area contributed by atoms with Crippen LogP contribution in [0.1, 0.15) is 26.3 Å². The molecule has 0 radical (unpaired) electrons. The Hall–Kier alpha value is -2.93. The van der Waals surface area contributed by atoms with Crippen molar-refractivity contribution in [2.45, 2.75) is 0 Å². The van der Waals surface area contributed by atoms with E-state index in [1.165, 1.54) is 18.2 Å². The first kappa shape index (κ1) is 12.5. The summed E-state index contributed by atoms with van der Waals surface area (Å²) in [5.74, 6) is -0.485. The quantitative estimate of drug-likeness (QED) is 0.477. The van der Waals surface area contributed by atoms with Crippen molar-refractivity contribution in [3.63, 3.8) is 0 Å². The van der Waals surface area contributed by atoms with Crippen molar-refractivity contribution in [3.8, 4) is 11.8 Å². The van der Waals surface area contributed by atoms with E-state index < -0.39 is 5.97 Å². The van der Waals surface area contributed by atoms with Crippen molar-refractivity contribution < 1.29 is 14.3 Å². The van der Waals surface area contributed by atoms with E-state index in [4.69, 9.17) is 10.00 Å². The fourth-order valence-electron chi connectivity index (χ4n) is 1.59. The zero-order chi connectivity index (χ0) is 13.7. The average Bonchev–Trinajstić information content (AvgIpc) is 2.47. The molecule has 0 N–H and O–H groups in total. The molecule has 0 saturated heterocycles. The summed E-state index contributed by atoms with van der Waals surface area (Å²) < 4.78 is 5.14. The third-order valence-electron chi connectivity index (χ3n) is 2.52. The lowest BCUT2D eigenvalue weighted by Crippen LogP contribution is -2.11. The fraction of sp³-hybridized carbons (Fsp3) is 0. The Morgan fingerprint density at radius 1 is 1.11 bits per heavy atom. The molecule has 0 fully saturated rings. The standard InChI is InChI=1S/C15H9NO3/c16-9-11-5-2-4-8-14(11)19-15(18)13-7-3-1-6-12(13)10-17/h1-8,10H. The lowest BCUT2D eigenvalue weighted by molar-refractivity contribution is 0.0731. The van der Waals surface area contributed by atoms with E-state index in [2.05, 4.69) is 0 Å². The van der Waals surface area contributed by atoms with Gasteiger partial charge in [-0.2, -0.15) is 5.26 Å². The molecule has 0 aromatic heterocycles. The van der Waals surface area contributed by atoms with Crippen LogP contribution in [0.25, 0.3) is 0 Å². The van der Waals surface area contributed by atoms with Crippen LogP contribution in [0.5, 0.6) is 5.75 Å². The van der Waals surface area contributed by atoms with Crippen LogP contribution in [0.15, 0.2) is 48.5 Å². The van der Waals surface area contributed by atoms with Crippen LogP contribution in [0, 0.1) is 11.3 Å². The number of nitriles is 1. The summed E-state index contributed by atoms with van der Waals surface area (Å²) >= 11 is 0. The smallest absolute Gasteiger partial charge is 0.344 e. The summed E-state index contributed by atoms with van der Waals surface area (Å²) in [4.78, 5) is 22.8. The normalized spacial score (nSPS) is 9.42. The highest BCUT2D eigenvalue weighted by Crippen LogP contribution is 2.19. The lowest BCUT2D eigenvalue weighted by atomic mass is 10.1. The van der Waals surface area contributed by atoms with Gasteiger partial charge in [0.05, 0.1) is 11.1 Å². The molecule has 0 atom stereocenters. The van der Waals surface area contributed by atoms with Crippen LogP contribution < -0.4 is 4.74 Å². The number of ether oxygens (including phenoxy) is 1. The molecule has 0 amide bonds. The molecule has 0 saturated carbocycles. The Labute approximate surface area is 109 Å². The van der Waals surface area contributed by atoms with Gasteiger partial charge in [0, 0.05) is 5.56 Å². The molecule has 19 heavy (non-hydrogen) atoms. The third-order valence-corrected chi connectivity index (χ3v) is 2.52.